The molecule has 0 unspecified atom stereocenters. The predicted molar refractivity (Wildman–Crippen MR) is 47.2 cm³/mol. The third-order valence-corrected chi connectivity index (χ3v) is 1.83. The molecule has 1 N–H and O–H groups in total. The number of nitrogens with zero attached hydrogens (tertiary/aromatic N) is 2. The fourth-order valence-corrected chi connectivity index (χ4v) is 1.25. The Balaban J connectivity index is 3.45. The second kappa shape index (κ2) is 4.36. The molecule has 1 aromatic rings. The molecule has 1 aromatic heterocycles. The van der Waals surface area contributed by atoms with E-state index in [4.69, 9.17) is 5.11 Å². The highest BCUT2D eigenvalue weighted by Crippen LogP contribution is 2.38. The van der Waals surface area contributed by atoms with Gasteiger partial charge in [0.25, 0.3) is 5.69 Å². The highest BCUT2D eigenvalue weighted by Gasteiger charge is 2.41. The van der Waals surface area contributed by atoms with Crippen LogP contribution in [-0.4, -0.2) is 21.0 Å². The standard InChI is InChI=1S/C8H5F3N2O4/c9-8(10,11)7-4(1-6(14)15)2-12-3-5(7)13(16)17/h2-3H,1H2,(H,14,15). The predicted octanol–water partition coefficient (Wildman–Crippen LogP) is 1.64. The van der Waals surface area contributed by atoms with E-state index in [9.17, 15) is 28.1 Å². The van der Waals surface area contributed by atoms with Gasteiger partial charge in [-0.2, -0.15) is 13.2 Å². The van der Waals surface area contributed by atoms with Crippen molar-refractivity contribution in [2.45, 2.75) is 12.6 Å². The molecule has 0 saturated heterocycles. The number of carbonyl (C=O) groups is 1. The first-order chi connectivity index (χ1) is 7.73. The van der Waals surface area contributed by atoms with Gasteiger partial charge in [-0.1, -0.05) is 0 Å². The van der Waals surface area contributed by atoms with Crippen LogP contribution in [0.5, 0.6) is 0 Å². The lowest BCUT2D eigenvalue weighted by molar-refractivity contribution is -0.388. The number of nitro groups is 1. The zero-order valence-electron chi connectivity index (χ0n) is 8.06. The number of carboxylic acids is 1. The maximum Gasteiger partial charge on any atom is 0.423 e. The maximum atomic E-state index is 12.6. The van der Waals surface area contributed by atoms with Crippen LogP contribution in [-0.2, 0) is 17.4 Å². The van der Waals surface area contributed by atoms with Crippen LogP contribution in [0.25, 0.3) is 0 Å². The van der Waals surface area contributed by atoms with Crippen molar-refractivity contribution in [1.29, 1.82) is 0 Å². The number of hydrogen-bond acceptors (Lipinski definition) is 4. The molecule has 9 heteroatoms. The normalized spacial score (nSPS) is 11.2. The SMILES string of the molecule is O=C(O)Cc1cncc([N+](=O)[O-])c1C(F)(F)F. The van der Waals surface area contributed by atoms with Gasteiger partial charge in [0.2, 0.25) is 0 Å². The average molecular weight is 250 g/mol. The van der Waals surface area contributed by atoms with Gasteiger partial charge in [0.1, 0.15) is 11.8 Å². The van der Waals surface area contributed by atoms with E-state index in [0.29, 0.717) is 12.4 Å². The van der Waals surface area contributed by atoms with E-state index in [-0.39, 0.29) is 0 Å². The van der Waals surface area contributed by atoms with Gasteiger partial charge < -0.3 is 5.11 Å². The summed E-state index contributed by atoms with van der Waals surface area (Å²) in [5.74, 6) is -1.53. The van der Waals surface area contributed by atoms with E-state index in [1.54, 1.807) is 0 Å². The van der Waals surface area contributed by atoms with Gasteiger partial charge in [0.15, 0.2) is 0 Å². The third kappa shape index (κ3) is 2.89. The Morgan fingerprint density at radius 3 is 2.47 bits per heavy atom. The van der Waals surface area contributed by atoms with Gasteiger partial charge in [-0.15, -0.1) is 0 Å². The highest BCUT2D eigenvalue weighted by atomic mass is 19.4. The lowest BCUT2D eigenvalue weighted by atomic mass is 10.1. The number of pyridine rings is 1. The van der Waals surface area contributed by atoms with Gasteiger partial charge in [0, 0.05) is 11.8 Å². The van der Waals surface area contributed by atoms with Crippen molar-refractivity contribution < 1.29 is 28.0 Å². The van der Waals surface area contributed by atoms with E-state index < -0.39 is 40.3 Å². The van der Waals surface area contributed by atoms with Crippen LogP contribution in [0.2, 0.25) is 0 Å². The first kappa shape index (κ1) is 12.9. The summed E-state index contributed by atoms with van der Waals surface area (Å²) in [6.07, 6.45) is -4.89. The lowest BCUT2D eigenvalue weighted by Crippen LogP contribution is -2.15. The Bertz CT molecular complexity index is 472. The van der Waals surface area contributed by atoms with E-state index >= 15 is 0 Å². The molecule has 0 radical (unpaired) electrons. The van der Waals surface area contributed by atoms with Crippen LogP contribution in [0.3, 0.4) is 0 Å². The Labute approximate surface area is 91.9 Å². The van der Waals surface area contributed by atoms with Crippen LogP contribution in [0, 0.1) is 10.1 Å². The molecule has 0 amide bonds. The monoisotopic (exact) mass is 250 g/mol. The third-order valence-electron chi connectivity index (χ3n) is 1.83. The zero-order valence-corrected chi connectivity index (χ0v) is 8.06. The second-order valence-corrected chi connectivity index (χ2v) is 3.02. The van der Waals surface area contributed by atoms with E-state index in [0.717, 1.165) is 0 Å². The van der Waals surface area contributed by atoms with Crippen molar-refractivity contribution in [2.24, 2.45) is 0 Å². The van der Waals surface area contributed by atoms with Crippen molar-refractivity contribution in [1.82, 2.24) is 4.98 Å². The second-order valence-electron chi connectivity index (χ2n) is 3.02. The summed E-state index contributed by atoms with van der Waals surface area (Å²) < 4.78 is 37.8. The molecule has 0 aliphatic carbocycles. The summed E-state index contributed by atoms with van der Waals surface area (Å²) in [7, 11) is 0. The van der Waals surface area contributed by atoms with Gasteiger partial charge >= 0.3 is 12.1 Å². The fourth-order valence-electron chi connectivity index (χ4n) is 1.25. The van der Waals surface area contributed by atoms with Crippen LogP contribution in [0.1, 0.15) is 11.1 Å². The molecule has 17 heavy (non-hydrogen) atoms. The van der Waals surface area contributed by atoms with Crippen LogP contribution in [0.15, 0.2) is 12.4 Å². The number of alkyl halides is 3. The van der Waals surface area contributed by atoms with E-state index in [1.807, 2.05) is 0 Å². The molecule has 0 atom stereocenters. The van der Waals surface area contributed by atoms with Crippen molar-refractivity contribution >= 4 is 11.7 Å². The maximum absolute atomic E-state index is 12.6. The molecule has 6 nitrogen and oxygen atoms in total. The van der Waals surface area contributed by atoms with E-state index in [2.05, 4.69) is 4.98 Å². The van der Waals surface area contributed by atoms with Crippen molar-refractivity contribution in [2.75, 3.05) is 0 Å². The van der Waals surface area contributed by atoms with Gasteiger partial charge in [-0.25, -0.2) is 0 Å². The number of halogens is 3. The molecule has 0 aromatic carbocycles. The number of rotatable bonds is 3. The Morgan fingerprint density at radius 1 is 1.47 bits per heavy atom. The van der Waals surface area contributed by atoms with Crippen molar-refractivity contribution in [3.05, 3.63) is 33.6 Å². The first-order valence-corrected chi connectivity index (χ1v) is 4.13. The Kier molecular flexibility index (Phi) is 3.30. The quantitative estimate of drug-likeness (QED) is 0.650. The molecular weight excluding hydrogens is 245 g/mol. The molecule has 0 fully saturated rings. The minimum absolute atomic E-state index is 0.439. The number of aromatic nitrogens is 1. The zero-order chi connectivity index (χ0) is 13.2. The van der Waals surface area contributed by atoms with Crippen molar-refractivity contribution in [3.63, 3.8) is 0 Å². The topological polar surface area (TPSA) is 93.3 Å². The summed E-state index contributed by atoms with van der Waals surface area (Å²) in [6, 6.07) is 0. The summed E-state index contributed by atoms with van der Waals surface area (Å²) >= 11 is 0. The number of hydrogen-bond donors (Lipinski definition) is 1. The van der Waals surface area contributed by atoms with Crippen LogP contribution in [0.4, 0.5) is 18.9 Å². The molecule has 0 saturated carbocycles. The van der Waals surface area contributed by atoms with Gasteiger partial charge in [-0.05, 0) is 0 Å². The van der Waals surface area contributed by atoms with Crippen molar-refractivity contribution in [3.8, 4) is 0 Å². The minimum Gasteiger partial charge on any atom is -0.481 e. The van der Waals surface area contributed by atoms with E-state index in [1.165, 1.54) is 0 Å². The molecule has 0 spiro atoms. The molecule has 0 aliphatic rings. The van der Waals surface area contributed by atoms with Gasteiger partial charge in [0.05, 0.1) is 11.3 Å². The van der Waals surface area contributed by atoms with Crippen LogP contribution >= 0.6 is 0 Å². The molecule has 0 bridgehead atoms. The Morgan fingerprint density at radius 2 is 2.06 bits per heavy atom. The molecule has 1 heterocycles. The minimum atomic E-state index is -5.00. The highest BCUT2D eigenvalue weighted by molar-refractivity contribution is 5.71. The van der Waals surface area contributed by atoms with Gasteiger partial charge in [-0.3, -0.25) is 19.9 Å². The summed E-state index contributed by atoms with van der Waals surface area (Å²) in [5, 5.41) is 18.8. The van der Waals surface area contributed by atoms with Crippen LogP contribution < -0.4 is 0 Å². The smallest absolute Gasteiger partial charge is 0.423 e. The number of aliphatic carboxylic acids is 1. The summed E-state index contributed by atoms with van der Waals surface area (Å²) in [4.78, 5) is 22.8. The molecular formula is C8H5F3N2O4. The lowest BCUT2D eigenvalue weighted by Gasteiger charge is -2.10. The summed E-state index contributed by atoms with van der Waals surface area (Å²) in [5.41, 5.74) is -3.56. The number of carboxylic acid groups (broad SMARTS) is 1. The summed E-state index contributed by atoms with van der Waals surface area (Å²) in [6.45, 7) is 0. The molecule has 92 valence electrons. The molecule has 1 rings (SSSR count). The molecule has 0 aliphatic heterocycles. The largest absolute Gasteiger partial charge is 0.481 e. The first-order valence-electron chi connectivity index (χ1n) is 4.13. The fraction of sp³-hybridized carbons (Fsp3) is 0.250. The average Bonchev–Trinajstić information content (AvgIpc) is 2.14. The Hall–Kier alpha value is -2.19.